The number of aromatic amines is 1. The molecule has 2 aromatic heterocycles. The van der Waals surface area contributed by atoms with Gasteiger partial charge in [0.25, 0.3) is 0 Å². The number of hydrogen-bond acceptors (Lipinski definition) is 4. The Labute approximate surface area is 100 Å². The molecule has 0 unspecified atom stereocenters. The highest BCUT2D eigenvalue weighted by Crippen LogP contribution is 2.21. The third-order valence-corrected chi connectivity index (χ3v) is 2.23. The summed E-state index contributed by atoms with van der Waals surface area (Å²) in [5, 5.41) is 3.22. The Kier molecular flexibility index (Phi) is 3.96. The van der Waals surface area contributed by atoms with E-state index in [1.54, 1.807) is 18.7 Å². The van der Waals surface area contributed by atoms with Crippen LogP contribution in [0.3, 0.4) is 0 Å². The first-order valence-corrected chi connectivity index (χ1v) is 5.69. The molecule has 0 spiro atoms. The van der Waals surface area contributed by atoms with Crippen LogP contribution in [0.1, 0.15) is 19.0 Å². The van der Waals surface area contributed by atoms with E-state index in [1.165, 1.54) is 0 Å². The maximum absolute atomic E-state index is 5.61. The summed E-state index contributed by atoms with van der Waals surface area (Å²) >= 11 is 0. The molecule has 2 rings (SSSR count). The van der Waals surface area contributed by atoms with Gasteiger partial charge in [0, 0.05) is 12.4 Å². The van der Waals surface area contributed by atoms with Gasteiger partial charge >= 0.3 is 0 Å². The maximum atomic E-state index is 5.61. The van der Waals surface area contributed by atoms with Crippen LogP contribution < -0.4 is 10.1 Å². The van der Waals surface area contributed by atoms with Gasteiger partial charge in [0.2, 0.25) is 0 Å². The van der Waals surface area contributed by atoms with E-state index < -0.39 is 0 Å². The van der Waals surface area contributed by atoms with Crippen molar-refractivity contribution in [1.82, 2.24) is 15.0 Å². The van der Waals surface area contributed by atoms with Crippen molar-refractivity contribution in [2.24, 2.45) is 0 Å². The van der Waals surface area contributed by atoms with Crippen LogP contribution in [-0.4, -0.2) is 21.6 Å². The molecular weight excluding hydrogens is 216 g/mol. The maximum Gasteiger partial charge on any atom is 0.169 e. The highest BCUT2D eigenvalue weighted by atomic mass is 16.5. The van der Waals surface area contributed by atoms with Gasteiger partial charge in [-0.15, -0.1) is 0 Å². The monoisotopic (exact) mass is 232 g/mol. The molecule has 0 atom stereocenters. The molecular formula is C12H16N4O. The standard InChI is InChI=1S/C12H16N4O/c1-2-6-17-11-4-3-5-14-12(11)15-8-10-7-13-9-16-10/h3-5,7,9H,2,6,8H2,1H3,(H,13,16)(H,14,15). The van der Waals surface area contributed by atoms with E-state index in [2.05, 4.69) is 27.2 Å². The van der Waals surface area contributed by atoms with E-state index in [4.69, 9.17) is 4.74 Å². The normalized spacial score (nSPS) is 10.2. The third kappa shape index (κ3) is 3.21. The molecule has 0 aromatic carbocycles. The molecule has 0 fully saturated rings. The topological polar surface area (TPSA) is 62.8 Å². The summed E-state index contributed by atoms with van der Waals surface area (Å²) in [6.45, 7) is 3.43. The molecule has 90 valence electrons. The zero-order valence-corrected chi connectivity index (χ0v) is 9.81. The third-order valence-electron chi connectivity index (χ3n) is 2.23. The Morgan fingerprint density at radius 1 is 1.47 bits per heavy atom. The average Bonchev–Trinajstić information content (AvgIpc) is 2.88. The largest absolute Gasteiger partial charge is 0.490 e. The summed E-state index contributed by atoms with van der Waals surface area (Å²) in [4.78, 5) is 11.2. The van der Waals surface area contributed by atoms with Crippen molar-refractivity contribution in [3.63, 3.8) is 0 Å². The van der Waals surface area contributed by atoms with Crippen LogP contribution in [0, 0.1) is 0 Å². The van der Waals surface area contributed by atoms with Gasteiger partial charge in [-0.2, -0.15) is 0 Å². The van der Waals surface area contributed by atoms with Crippen molar-refractivity contribution in [3.8, 4) is 5.75 Å². The fraction of sp³-hybridized carbons (Fsp3) is 0.333. The SMILES string of the molecule is CCCOc1cccnc1NCc1cnc[nH]1. The van der Waals surface area contributed by atoms with Crippen molar-refractivity contribution >= 4 is 5.82 Å². The van der Waals surface area contributed by atoms with Gasteiger partial charge in [-0.05, 0) is 18.6 Å². The molecule has 0 aliphatic rings. The van der Waals surface area contributed by atoms with Gasteiger partial charge in [-0.25, -0.2) is 9.97 Å². The van der Waals surface area contributed by atoms with Gasteiger partial charge in [-0.1, -0.05) is 6.92 Å². The quantitative estimate of drug-likeness (QED) is 0.801. The Bertz CT molecular complexity index is 442. The van der Waals surface area contributed by atoms with Crippen LogP contribution in [-0.2, 0) is 6.54 Å². The molecule has 5 heteroatoms. The van der Waals surface area contributed by atoms with Crippen LogP contribution in [0.2, 0.25) is 0 Å². The summed E-state index contributed by atoms with van der Waals surface area (Å²) in [5.74, 6) is 1.55. The van der Waals surface area contributed by atoms with E-state index in [0.717, 1.165) is 23.7 Å². The average molecular weight is 232 g/mol. The fourth-order valence-electron chi connectivity index (χ4n) is 1.41. The number of hydrogen-bond donors (Lipinski definition) is 2. The lowest BCUT2D eigenvalue weighted by Crippen LogP contribution is -2.05. The predicted molar refractivity (Wildman–Crippen MR) is 65.9 cm³/mol. The lowest BCUT2D eigenvalue weighted by Gasteiger charge is -2.10. The first-order valence-electron chi connectivity index (χ1n) is 5.69. The molecule has 0 aliphatic carbocycles. The van der Waals surface area contributed by atoms with Crippen LogP contribution in [0.4, 0.5) is 5.82 Å². The van der Waals surface area contributed by atoms with Gasteiger partial charge in [0.15, 0.2) is 11.6 Å². The van der Waals surface area contributed by atoms with Gasteiger partial charge in [0.05, 0.1) is 25.2 Å². The van der Waals surface area contributed by atoms with Crippen molar-refractivity contribution in [1.29, 1.82) is 0 Å². The lowest BCUT2D eigenvalue weighted by molar-refractivity contribution is 0.318. The van der Waals surface area contributed by atoms with Crippen LogP contribution in [0.25, 0.3) is 0 Å². The number of rotatable bonds is 6. The van der Waals surface area contributed by atoms with Crippen molar-refractivity contribution in [2.45, 2.75) is 19.9 Å². The van der Waals surface area contributed by atoms with E-state index in [9.17, 15) is 0 Å². The number of aromatic nitrogens is 3. The highest BCUT2D eigenvalue weighted by Gasteiger charge is 2.03. The fourth-order valence-corrected chi connectivity index (χ4v) is 1.41. The molecule has 0 saturated carbocycles. The number of ether oxygens (including phenoxy) is 1. The molecule has 0 amide bonds. The molecule has 2 N–H and O–H groups in total. The Morgan fingerprint density at radius 3 is 3.18 bits per heavy atom. The highest BCUT2D eigenvalue weighted by molar-refractivity contribution is 5.49. The zero-order chi connectivity index (χ0) is 11.9. The van der Waals surface area contributed by atoms with Gasteiger partial charge in [-0.3, -0.25) is 0 Å². The molecule has 0 bridgehead atoms. The second kappa shape index (κ2) is 5.89. The number of nitrogens with one attached hydrogen (secondary N) is 2. The summed E-state index contributed by atoms with van der Waals surface area (Å²) in [7, 11) is 0. The predicted octanol–water partition coefficient (Wildman–Crippen LogP) is 2.21. The first-order chi connectivity index (χ1) is 8.40. The molecule has 2 aromatic rings. The minimum absolute atomic E-state index is 0.652. The summed E-state index contributed by atoms with van der Waals surface area (Å²) in [6.07, 6.45) is 6.16. The van der Waals surface area contributed by atoms with Crippen LogP contribution in [0.5, 0.6) is 5.75 Å². The van der Waals surface area contributed by atoms with Crippen molar-refractivity contribution in [3.05, 3.63) is 36.5 Å². The minimum atomic E-state index is 0.652. The lowest BCUT2D eigenvalue weighted by atomic mass is 10.4. The summed E-state index contributed by atoms with van der Waals surface area (Å²) < 4.78 is 5.61. The number of anilines is 1. The van der Waals surface area contributed by atoms with Crippen LogP contribution >= 0.6 is 0 Å². The molecule has 0 saturated heterocycles. The Balaban J connectivity index is 1.99. The van der Waals surface area contributed by atoms with E-state index in [1.807, 2.05) is 12.1 Å². The van der Waals surface area contributed by atoms with E-state index in [-0.39, 0.29) is 0 Å². The minimum Gasteiger partial charge on any atom is -0.490 e. The zero-order valence-electron chi connectivity index (χ0n) is 9.81. The smallest absolute Gasteiger partial charge is 0.169 e. The number of pyridine rings is 1. The van der Waals surface area contributed by atoms with Gasteiger partial charge in [0.1, 0.15) is 0 Å². The Hall–Kier alpha value is -2.04. The summed E-state index contributed by atoms with van der Waals surface area (Å²) in [5.41, 5.74) is 1.01. The molecule has 0 aliphatic heterocycles. The van der Waals surface area contributed by atoms with E-state index in [0.29, 0.717) is 13.2 Å². The van der Waals surface area contributed by atoms with Crippen molar-refractivity contribution in [2.75, 3.05) is 11.9 Å². The van der Waals surface area contributed by atoms with Gasteiger partial charge < -0.3 is 15.0 Å². The molecule has 0 radical (unpaired) electrons. The van der Waals surface area contributed by atoms with E-state index >= 15 is 0 Å². The molecule has 2 heterocycles. The Morgan fingerprint density at radius 2 is 2.41 bits per heavy atom. The second-order valence-corrected chi connectivity index (χ2v) is 3.63. The summed E-state index contributed by atoms with van der Waals surface area (Å²) in [6, 6.07) is 3.78. The second-order valence-electron chi connectivity index (χ2n) is 3.63. The molecule has 5 nitrogen and oxygen atoms in total. The number of nitrogens with zero attached hydrogens (tertiary/aromatic N) is 2. The first kappa shape index (κ1) is 11.4. The van der Waals surface area contributed by atoms with Crippen molar-refractivity contribution < 1.29 is 4.74 Å². The number of H-pyrrole nitrogens is 1. The van der Waals surface area contributed by atoms with Crippen LogP contribution in [0.15, 0.2) is 30.9 Å². The molecule has 17 heavy (non-hydrogen) atoms. The number of imidazole rings is 1.